The van der Waals surface area contributed by atoms with Crippen LogP contribution in [0.5, 0.6) is 5.75 Å². The third-order valence-corrected chi connectivity index (χ3v) is 6.36. The van der Waals surface area contributed by atoms with Gasteiger partial charge in [-0.2, -0.15) is 4.31 Å². The van der Waals surface area contributed by atoms with Crippen LogP contribution >= 0.6 is 11.6 Å². The maximum atomic E-state index is 13.0. The van der Waals surface area contributed by atoms with E-state index >= 15 is 0 Å². The molecule has 7 nitrogen and oxygen atoms in total. The normalized spacial score (nSPS) is 16.2. The Hall–Kier alpha value is -1.35. The molecule has 0 radical (unpaired) electrons. The van der Waals surface area contributed by atoms with E-state index < -0.39 is 15.9 Å². The molecule has 0 saturated heterocycles. The van der Waals surface area contributed by atoms with Crippen LogP contribution in [-0.2, 0) is 14.8 Å². The summed E-state index contributed by atoms with van der Waals surface area (Å²) in [5.41, 5.74) is 2.00. The molecule has 0 aromatic heterocycles. The van der Waals surface area contributed by atoms with Gasteiger partial charge >= 0.3 is 0 Å². The highest BCUT2D eigenvalue weighted by Gasteiger charge is 2.34. The number of rotatable bonds is 6. The van der Waals surface area contributed by atoms with E-state index in [-0.39, 0.29) is 22.5 Å². The number of benzene rings is 1. The summed E-state index contributed by atoms with van der Waals surface area (Å²) in [7, 11) is -2.42. The lowest BCUT2D eigenvalue weighted by Crippen LogP contribution is -2.48. The lowest BCUT2D eigenvalue weighted by Gasteiger charge is -2.32. The van der Waals surface area contributed by atoms with Crippen LogP contribution in [0.3, 0.4) is 0 Å². The van der Waals surface area contributed by atoms with Gasteiger partial charge in [-0.15, -0.1) is 0 Å². The van der Waals surface area contributed by atoms with Crippen molar-refractivity contribution in [1.29, 1.82) is 0 Å². The molecule has 9 heteroatoms. The molecular formula is C15H22ClN3O4S. The number of halogens is 1. The van der Waals surface area contributed by atoms with Gasteiger partial charge in [-0.1, -0.05) is 30.9 Å². The Morgan fingerprint density at radius 3 is 2.58 bits per heavy atom. The van der Waals surface area contributed by atoms with Gasteiger partial charge in [-0.3, -0.25) is 10.2 Å². The molecule has 24 heavy (non-hydrogen) atoms. The fourth-order valence-corrected chi connectivity index (χ4v) is 4.90. The average Bonchev–Trinajstić information content (AvgIpc) is 2.59. The predicted molar refractivity (Wildman–Crippen MR) is 91.1 cm³/mol. The Kier molecular flexibility index (Phi) is 6.45. The van der Waals surface area contributed by atoms with Crippen molar-refractivity contribution in [3.63, 3.8) is 0 Å². The summed E-state index contributed by atoms with van der Waals surface area (Å²) in [6, 6.07) is 4.04. The van der Waals surface area contributed by atoms with Crippen molar-refractivity contribution in [3.8, 4) is 5.75 Å². The van der Waals surface area contributed by atoms with E-state index in [2.05, 4.69) is 0 Å². The molecule has 0 atom stereocenters. The fourth-order valence-electron chi connectivity index (χ4n) is 2.91. The highest BCUT2D eigenvalue weighted by atomic mass is 35.5. The highest BCUT2D eigenvalue weighted by molar-refractivity contribution is 7.89. The minimum absolute atomic E-state index is 0.0312. The van der Waals surface area contributed by atoms with Gasteiger partial charge in [0.15, 0.2) is 0 Å². The number of nitrogens with one attached hydrogen (secondary N) is 1. The number of methoxy groups -OCH3 is 1. The minimum atomic E-state index is -3.88. The topological polar surface area (TPSA) is 102 Å². The van der Waals surface area contributed by atoms with Gasteiger partial charge in [-0.05, 0) is 31.0 Å². The SMILES string of the molecule is COc1ccc(S(=O)(=O)N(CC(=O)NN)C2CCCCC2)cc1Cl. The summed E-state index contributed by atoms with van der Waals surface area (Å²) >= 11 is 6.05. The Morgan fingerprint density at radius 2 is 2.04 bits per heavy atom. The first-order chi connectivity index (χ1) is 11.4. The Balaban J connectivity index is 2.38. The first kappa shape index (κ1) is 19.0. The molecule has 134 valence electrons. The first-order valence-electron chi connectivity index (χ1n) is 7.75. The number of hydrogen-bond acceptors (Lipinski definition) is 5. The van der Waals surface area contributed by atoms with Crippen molar-refractivity contribution in [1.82, 2.24) is 9.73 Å². The van der Waals surface area contributed by atoms with Gasteiger partial charge < -0.3 is 4.74 Å². The lowest BCUT2D eigenvalue weighted by molar-refractivity contribution is -0.121. The second kappa shape index (κ2) is 8.15. The smallest absolute Gasteiger partial charge is 0.249 e. The number of ether oxygens (including phenoxy) is 1. The molecule has 0 unspecified atom stereocenters. The van der Waals surface area contributed by atoms with E-state index in [1.165, 1.54) is 29.6 Å². The van der Waals surface area contributed by atoms with Crippen LogP contribution in [0.2, 0.25) is 5.02 Å². The van der Waals surface area contributed by atoms with Crippen LogP contribution in [0.15, 0.2) is 23.1 Å². The molecule has 1 fully saturated rings. The van der Waals surface area contributed by atoms with Gasteiger partial charge in [0.25, 0.3) is 0 Å². The molecule has 2 rings (SSSR count). The van der Waals surface area contributed by atoms with Crippen molar-refractivity contribution in [2.45, 2.75) is 43.0 Å². The molecule has 1 aromatic rings. The van der Waals surface area contributed by atoms with Crippen LogP contribution < -0.4 is 16.0 Å². The largest absolute Gasteiger partial charge is 0.495 e. The summed E-state index contributed by atoms with van der Waals surface area (Å²) in [5, 5.41) is 0.199. The van der Waals surface area contributed by atoms with Gasteiger partial charge in [-0.25, -0.2) is 14.3 Å². The monoisotopic (exact) mass is 375 g/mol. The third kappa shape index (κ3) is 4.18. The molecule has 1 saturated carbocycles. The van der Waals surface area contributed by atoms with E-state index in [4.69, 9.17) is 22.2 Å². The van der Waals surface area contributed by atoms with E-state index in [1.807, 2.05) is 5.43 Å². The summed E-state index contributed by atoms with van der Waals surface area (Å²) in [6.45, 7) is -0.312. The summed E-state index contributed by atoms with van der Waals surface area (Å²) < 4.78 is 32.4. The van der Waals surface area contributed by atoms with Crippen molar-refractivity contribution >= 4 is 27.5 Å². The number of hydrazine groups is 1. The second-order valence-corrected chi connectivity index (χ2v) is 8.00. The number of sulfonamides is 1. The number of nitrogens with two attached hydrogens (primary N) is 1. The number of carbonyl (C=O) groups excluding carboxylic acids is 1. The van der Waals surface area contributed by atoms with E-state index in [9.17, 15) is 13.2 Å². The van der Waals surface area contributed by atoms with Gasteiger partial charge in [0.2, 0.25) is 15.9 Å². The molecule has 1 aliphatic carbocycles. The number of hydrogen-bond donors (Lipinski definition) is 2. The molecule has 1 aromatic carbocycles. The molecule has 3 N–H and O–H groups in total. The molecule has 0 aliphatic heterocycles. The van der Waals surface area contributed by atoms with Gasteiger partial charge in [0, 0.05) is 6.04 Å². The standard InChI is InChI=1S/C15H22ClN3O4S/c1-23-14-8-7-12(9-13(14)16)24(21,22)19(10-15(20)18-17)11-5-3-2-4-6-11/h7-9,11H,2-6,10,17H2,1H3,(H,18,20). The van der Waals surface area contributed by atoms with Gasteiger partial charge in [0.05, 0.1) is 23.6 Å². The quantitative estimate of drug-likeness (QED) is 0.447. The fraction of sp³-hybridized carbons (Fsp3) is 0.533. The maximum Gasteiger partial charge on any atom is 0.249 e. The average molecular weight is 376 g/mol. The van der Waals surface area contributed by atoms with Crippen molar-refractivity contribution in [3.05, 3.63) is 23.2 Å². The summed E-state index contributed by atoms with van der Waals surface area (Å²) in [5.74, 6) is 4.97. The number of amides is 1. The molecular weight excluding hydrogens is 354 g/mol. The van der Waals surface area contributed by atoms with E-state index in [0.29, 0.717) is 5.75 Å². The van der Waals surface area contributed by atoms with Crippen LogP contribution in [-0.4, -0.2) is 38.3 Å². The highest BCUT2D eigenvalue weighted by Crippen LogP contribution is 2.31. The molecule has 1 amide bonds. The lowest BCUT2D eigenvalue weighted by atomic mass is 9.95. The Bertz CT molecular complexity index is 690. The maximum absolute atomic E-state index is 13.0. The van der Waals surface area contributed by atoms with Crippen molar-refractivity contribution < 1.29 is 17.9 Å². The number of carbonyl (C=O) groups is 1. The zero-order chi connectivity index (χ0) is 17.7. The Labute approximate surface area is 147 Å². The molecule has 0 bridgehead atoms. The van der Waals surface area contributed by atoms with Crippen LogP contribution in [0.25, 0.3) is 0 Å². The van der Waals surface area contributed by atoms with Crippen LogP contribution in [0.4, 0.5) is 0 Å². The van der Waals surface area contributed by atoms with E-state index in [1.54, 1.807) is 0 Å². The molecule has 1 aliphatic rings. The van der Waals surface area contributed by atoms with Crippen molar-refractivity contribution in [2.75, 3.05) is 13.7 Å². The van der Waals surface area contributed by atoms with Gasteiger partial charge in [0.1, 0.15) is 5.75 Å². The number of nitrogens with zero attached hydrogens (tertiary/aromatic N) is 1. The van der Waals surface area contributed by atoms with E-state index in [0.717, 1.165) is 32.1 Å². The first-order valence-corrected chi connectivity index (χ1v) is 9.56. The minimum Gasteiger partial charge on any atom is -0.495 e. The zero-order valence-corrected chi connectivity index (χ0v) is 15.1. The third-order valence-electron chi connectivity index (χ3n) is 4.17. The van der Waals surface area contributed by atoms with Crippen LogP contribution in [0, 0.1) is 0 Å². The van der Waals surface area contributed by atoms with Crippen LogP contribution in [0.1, 0.15) is 32.1 Å². The zero-order valence-electron chi connectivity index (χ0n) is 13.5. The van der Waals surface area contributed by atoms with Crippen molar-refractivity contribution in [2.24, 2.45) is 5.84 Å². The molecule has 0 heterocycles. The second-order valence-electron chi connectivity index (χ2n) is 5.71. The summed E-state index contributed by atoms with van der Waals surface area (Å²) in [6.07, 6.45) is 4.39. The Morgan fingerprint density at radius 1 is 1.38 bits per heavy atom. The molecule has 0 spiro atoms. The predicted octanol–water partition coefficient (Wildman–Crippen LogP) is 1.66. The summed E-state index contributed by atoms with van der Waals surface area (Å²) in [4.78, 5) is 11.8.